The number of carbonyl (C=O) groups excluding carboxylic acids is 1. The number of halogens is 4. The molecule has 1 aliphatic heterocycles. The third-order valence-corrected chi connectivity index (χ3v) is 4.18. The summed E-state index contributed by atoms with van der Waals surface area (Å²) >= 11 is 0. The predicted molar refractivity (Wildman–Crippen MR) is 66.2 cm³/mol. The summed E-state index contributed by atoms with van der Waals surface area (Å²) in [5.41, 5.74) is -2.17. The van der Waals surface area contributed by atoms with Gasteiger partial charge in [0, 0.05) is 17.5 Å². The minimum Gasteiger partial charge on any atom is -0.480 e. The summed E-state index contributed by atoms with van der Waals surface area (Å²) in [4.78, 5) is 24.0. The van der Waals surface area contributed by atoms with Crippen molar-refractivity contribution in [3.8, 4) is 0 Å². The molecule has 1 spiro atoms. The Hall–Kier alpha value is -2.12. The fraction of sp³-hybridized carbons (Fsp3) is 0.429. The van der Waals surface area contributed by atoms with Crippen molar-refractivity contribution in [2.24, 2.45) is 0 Å². The van der Waals surface area contributed by atoms with Crippen LogP contribution in [0.5, 0.6) is 0 Å². The lowest BCUT2D eigenvalue weighted by atomic mass is 9.85. The number of amides is 1. The van der Waals surface area contributed by atoms with E-state index in [1.165, 1.54) is 0 Å². The van der Waals surface area contributed by atoms with Crippen LogP contribution in [0.4, 0.5) is 17.6 Å². The second-order valence-electron chi connectivity index (χ2n) is 5.64. The summed E-state index contributed by atoms with van der Waals surface area (Å²) in [6, 6.07) is 2.57. The van der Waals surface area contributed by atoms with Crippen LogP contribution < -0.4 is 0 Å². The van der Waals surface area contributed by atoms with E-state index in [0.717, 1.165) is 23.1 Å². The molecule has 3 rings (SSSR count). The topological polar surface area (TPSA) is 57.6 Å². The molecule has 4 nitrogen and oxygen atoms in total. The van der Waals surface area contributed by atoms with Gasteiger partial charge < -0.3 is 10.0 Å². The van der Waals surface area contributed by atoms with Gasteiger partial charge in [0.15, 0.2) is 0 Å². The van der Waals surface area contributed by atoms with Gasteiger partial charge in [0.25, 0.3) is 5.91 Å². The van der Waals surface area contributed by atoms with Gasteiger partial charge in [0.2, 0.25) is 0 Å². The predicted octanol–water partition coefficient (Wildman–Crippen LogP) is 2.23. The van der Waals surface area contributed by atoms with Crippen molar-refractivity contribution in [2.45, 2.75) is 24.2 Å². The molecule has 0 aromatic heterocycles. The fourth-order valence-corrected chi connectivity index (χ4v) is 2.98. The van der Waals surface area contributed by atoms with E-state index in [1.54, 1.807) is 0 Å². The number of hydrogen-bond acceptors (Lipinski definition) is 2. The van der Waals surface area contributed by atoms with Gasteiger partial charge in [-0.2, -0.15) is 13.2 Å². The first kappa shape index (κ1) is 14.8. The first-order valence-corrected chi connectivity index (χ1v) is 6.52. The molecule has 1 heterocycles. The van der Waals surface area contributed by atoms with Crippen LogP contribution in [0.1, 0.15) is 27.9 Å². The minimum absolute atomic E-state index is 0.00922. The lowest BCUT2D eigenvalue weighted by Gasteiger charge is -2.34. The lowest BCUT2D eigenvalue weighted by Crippen LogP contribution is -2.46. The Kier molecular flexibility index (Phi) is 2.99. The largest absolute Gasteiger partial charge is 0.480 e. The fourth-order valence-electron chi connectivity index (χ4n) is 2.98. The van der Waals surface area contributed by atoms with E-state index in [2.05, 4.69) is 0 Å². The Labute approximate surface area is 122 Å². The molecule has 1 saturated carbocycles. The van der Waals surface area contributed by atoms with Crippen LogP contribution in [0.25, 0.3) is 0 Å². The highest BCUT2D eigenvalue weighted by Gasteiger charge is 2.61. The number of fused-ring (bicyclic) bond motifs is 2. The zero-order valence-corrected chi connectivity index (χ0v) is 11.2. The number of nitrogens with zero attached hydrogens (tertiary/aromatic N) is 1. The normalized spacial score (nSPS) is 27.0. The maximum Gasteiger partial charge on any atom is 0.416 e. The number of carboxylic acid groups (broad SMARTS) is 1. The first-order valence-electron chi connectivity index (χ1n) is 6.52. The average molecular weight is 317 g/mol. The highest BCUT2D eigenvalue weighted by atomic mass is 19.4. The monoisotopic (exact) mass is 317 g/mol. The average Bonchev–Trinajstić information content (AvgIpc) is 3.04. The number of aliphatic carboxylic acids is 1. The van der Waals surface area contributed by atoms with E-state index < -0.39 is 41.7 Å². The van der Waals surface area contributed by atoms with Crippen LogP contribution in [0, 0.1) is 0 Å². The first-order chi connectivity index (χ1) is 10.1. The zero-order chi connectivity index (χ0) is 16.3. The molecule has 0 saturated heterocycles. The standard InChI is InChI=1S/C14H11F4NO3/c15-10-4-13(10)6-19(5-11(20)21)12(22)8-2-1-7(3-9(8)13)14(16,17)18/h1-3,10H,4-6H2,(H,20,21). The summed E-state index contributed by atoms with van der Waals surface area (Å²) in [5.74, 6) is -1.94. The molecule has 118 valence electrons. The summed E-state index contributed by atoms with van der Waals surface area (Å²) < 4.78 is 52.2. The van der Waals surface area contributed by atoms with Gasteiger partial charge in [-0.25, -0.2) is 4.39 Å². The summed E-state index contributed by atoms with van der Waals surface area (Å²) in [7, 11) is 0. The second-order valence-corrected chi connectivity index (χ2v) is 5.64. The molecular formula is C14H11F4NO3. The number of hydrogen-bond donors (Lipinski definition) is 1. The molecule has 1 aromatic rings. The van der Waals surface area contributed by atoms with E-state index in [0.29, 0.717) is 0 Å². The molecular weight excluding hydrogens is 306 g/mol. The Balaban J connectivity index is 2.08. The van der Waals surface area contributed by atoms with Gasteiger partial charge in [-0.05, 0) is 30.2 Å². The highest BCUT2D eigenvalue weighted by Crippen LogP contribution is 2.55. The maximum atomic E-state index is 13.8. The van der Waals surface area contributed by atoms with Crippen LogP contribution in [-0.2, 0) is 16.4 Å². The summed E-state index contributed by atoms with van der Waals surface area (Å²) in [5, 5.41) is 8.80. The van der Waals surface area contributed by atoms with Gasteiger partial charge in [-0.3, -0.25) is 9.59 Å². The molecule has 0 bridgehead atoms. The van der Waals surface area contributed by atoms with Crippen molar-refractivity contribution in [3.05, 3.63) is 34.9 Å². The van der Waals surface area contributed by atoms with E-state index in [1.807, 2.05) is 0 Å². The van der Waals surface area contributed by atoms with Gasteiger partial charge in [-0.1, -0.05) is 0 Å². The third-order valence-electron chi connectivity index (χ3n) is 4.18. The van der Waals surface area contributed by atoms with Crippen molar-refractivity contribution in [2.75, 3.05) is 13.1 Å². The Morgan fingerprint density at radius 2 is 2.05 bits per heavy atom. The van der Waals surface area contributed by atoms with Crippen LogP contribution in [-0.4, -0.2) is 41.1 Å². The minimum atomic E-state index is -4.59. The molecule has 22 heavy (non-hydrogen) atoms. The van der Waals surface area contributed by atoms with Crippen LogP contribution >= 0.6 is 0 Å². The van der Waals surface area contributed by atoms with Crippen LogP contribution in [0.2, 0.25) is 0 Å². The Morgan fingerprint density at radius 1 is 1.41 bits per heavy atom. The molecule has 0 radical (unpaired) electrons. The highest BCUT2D eigenvalue weighted by molar-refractivity contribution is 5.99. The molecule has 1 N–H and O–H groups in total. The Morgan fingerprint density at radius 3 is 2.55 bits per heavy atom. The van der Waals surface area contributed by atoms with E-state index in [9.17, 15) is 27.2 Å². The molecule has 1 amide bonds. The number of carbonyl (C=O) groups is 2. The van der Waals surface area contributed by atoms with E-state index in [-0.39, 0.29) is 24.1 Å². The third kappa shape index (κ3) is 2.13. The van der Waals surface area contributed by atoms with Crippen molar-refractivity contribution in [3.63, 3.8) is 0 Å². The van der Waals surface area contributed by atoms with Gasteiger partial charge in [-0.15, -0.1) is 0 Å². The molecule has 1 aromatic carbocycles. The maximum absolute atomic E-state index is 13.8. The van der Waals surface area contributed by atoms with Crippen molar-refractivity contribution < 1.29 is 32.3 Å². The van der Waals surface area contributed by atoms with Crippen molar-refractivity contribution >= 4 is 11.9 Å². The smallest absolute Gasteiger partial charge is 0.416 e. The van der Waals surface area contributed by atoms with Crippen molar-refractivity contribution in [1.29, 1.82) is 0 Å². The number of carboxylic acids is 1. The molecule has 2 aliphatic rings. The van der Waals surface area contributed by atoms with Crippen LogP contribution in [0.15, 0.2) is 18.2 Å². The van der Waals surface area contributed by atoms with Gasteiger partial charge in [0.05, 0.1) is 5.56 Å². The van der Waals surface area contributed by atoms with Crippen molar-refractivity contribution in [1.82, 2.24) is 4.90 Å². The molecule has 1 fully saturated rings. The number of benzene rings is 1. The Bertz CT molecular complexity index is 673. The summed E-state index contributed by atoms with van der Waals surface area (Å²) in [6.45, 7) is -0.818. The SMILES string of the molecule is O=C(O)CN1CC2(CC2F)c2cc(C(F)(F)F)ccc2C1=O. The van der Waals surface area contributed by atoms with Crippen LogP contribution in [0.3, 0.4) is 0 Å². The van der Waals surface area contributed by atoms with E-state index in [4.69, 9.17) is 5.11 Å². The van der Waals surface area contributed by atoms with Gasteiger partial charge in [0.1, 0.15) is 12.7 Å². The lowest BCUT2D eigenvalue weighted by molar-refractivity contribution is -0.138. The second kappa shape index (κ2) is 4.44. The number of alkyl halides is 4. The molecule has 2 unspecified atom stereocenters. The number of rotatable bonds is 2. The summed E-state index contributed by atoms with van der Waals surface area (Å²) in [6.07, 6.45) is -5.97. The molecule has 2 atom stereocenters. The molecule has 1 aliphatic carbocycles. The zero-order valence-electron chi connectivity index (χ0n) is 11.2. The van der Waals surface area contributed by atoms with E-state index >= 15 is 0 Å². The quantitative estimate of drug-likeness (QED) is 0.851. The molecule has 8 heteroatoms. The van der Waals surface area contributed by atoms with Gasteiger partial charge >= 0.3 is 12.1 Å².